The van der Waals surface area contributed by atoms with E-state index in [1.54, 1.807) is 10.8 Å². The lowest BCUT2D eigenvalue weighted by Crippen LogP contribution is -2.18. The minimum atomic E-state index is -0.139. The summed E-state index contributed by atoms with van der Waals surface area (Å²) in [6.45, 7) is 1.97. The fourth-order valence-electron chi connectivity index (χ4n) is 2.12. The molecule has 1 aliphatic carbocycles. The Hall–Kier alpha value is -1.60. The van der Waals surface area contributed by atoms with E-state index in [4.69, 9.17) is 5.73 Å². The molecule has 0 aromatic carbocycles. The number of nitrogens with zero attached hydrogens (tertiary/aromatic N) is 3. The molecule has 1 atom stereocenters. The molecule has 2 aromatic heterocycles. The molecule has 7 heteroatoms. The van der Waals surface area contributed by atoms with E-state index in [1.165, 1.54) is 11.8 Å². The molecule has 0 spiro atoms. The highest BCUT2D eigenvalue weighted by Crippen LogP contribution is 2.37. The molecule has 3 rings (SSSR count). The van der Waals surface area contributed by atoms with Crippen LogP contribution in [0.4, 0.5) is 0 Å². The molecule has 1 saturated carbocycles. The predicted molar refractivity (Wildman–Crippen MR) is 76.8 cm³/mol. The first-order valence-corrected chi connectivity index (χ1v) is 7.51. The van der Waals surface area contributed by atoms with Crippen molar-refractivity contribution in [1.82, 2.24) is 19.7 Å². The molecular weight excluding hydrogens is 274 g/mol. The van der Waals surface area contributed by atoms with Crippen LogP contribution >= 0.6 is 11.8 Å². The second kappa shape index (κ2) is 5.41. The van der Waals surface area contributed by atoms with E-state index in [2.05, 4.69) is 15.2 Å². The Labute approximate surface area is 120 Å². The molecule has 2 heterocycles. The van der Waals surface area contributed by atoms with E-state index in [9.17, 15) is 4.79 Å². The topological polar surface area (TPSA) is 89.6 Å². The Morgan fingerprint density at radius 1 is 1.60 bits per heavy atom. The average Bonchev–Trinajstić information content (AvgIpc) is 3.17. The molecule has 1 unspecified atom stereocenters. The largest absolute Gasteiger partial charge is 0.344 e. The van der Waals surface area contributed by atoms with Crippen LogP contribution < -0.4 is 11.4 Å². The Bertz CT molecular complexity index is 659. The third kappa shape index (κ3) is 2.78. The lowest BCUT2D eigenvalue weighted by atomic mass is 10.1. The van der Waals surface area contributed by atoms with Crippen LogP contribution in [0.1, 0.15) is 31.4 Å². The second-order valence-corrected chi connectivity index (χ2v) is 6.12. The number of nitrogens with one attached hydrogen (secondary N) is 1. The van der Waals surface area contributed by atoms with E-state index in [0.717, 1.165) is 29.9 Å². The summed E-state index contributed by atoms with van der Waals surface area (Å²) in [5, 5.41) is 8.18. The van der Waals surface area contributed by atoms with E-state index in [1.807, 2.05) is 19.1 Å². The first-order valence-electron chi connectivity index (χ1n) is 6.69. The summed E-state index contributed by atoms with van der Waals surface area (Å²) in [6.07, 6.45) is 4.59. The molecule has 1 fully saturated rings. The monoisotopic (exact) mass is 291 g/mol. The van der Waals surface area contributed by atoms with Gasteiger partial charge in [-0.2, -0.15) is 0 Å². The number of H-pyrrole nitrogens is 1. The number of hydrogen-bond acceptors (Lipinski definition) is 5. The van der Waals surface area contributed by atoms with E-state index in [0.29, 0.717) is 11.2 Å². The maximum Gasteiger partial charge on any atom is 0.344 e. The zero-order valence-electron chi connectivity index (χ0n) is 11.2. The highest BCUT2D eigenvalue weighted by molar-refractivity contribution is 7.99. The number of rotatable bonds is 5. The molecule has 106 valence electrons. The van der Waals surface area contributed by atoms with Crippen molar-refractivity contribution in [2.45, 2.75) is 48.5 Å². The van der Waals surface area contributed by atoms with Crippen LogP contribution in [-0.2, 0) is 6.42 Å². The molecule has 3 N–H and O–H groups in total. The van der Waals surface area contributed by atoms with Gasteiger partial charge in [0, 0.05) is 18.3 Å². The summed E-state index contributed by atoms with van der Waals surface area (Å²) in [5.41, 5.74) is 6.81. The van der Waals surface area contributed by atoms with Crippen LogP contribution in [0.2, 0.25) is 0 Å². The van der Waals surface area contributed by atoms with Crippen molar-refractivity contribution in [3.63, 3.8) is 0 Å². The highest BCUT2D eigenvalue weighted by Gasteiger charge is 2.29. The Morgan fingerprint density at radius 3 is 3.10 bits per heavy atom. The van der Waals surface area contributed by atoms with Gasteiger partial charge in [0.1, 0.15) is 5.03 Å². The predicted octanol–water partition coefficient (Wildman–Crippen LogP) is 1.34. The van der Waals surface area contributed by atoms with Crippen LogP contribution in [0, 0.1) is 0 Å². The van der Waals surface area contributed by atoms with Gasteiger partial charge < -0.3 is 5.73 Å². The Morgan fingerprint density at radius 2 is 2.40 bits per heavy atom. The zero-order valence-corrected chi connectivity index (χ0v) is 12.1. The number of nitrogens with two attached hydrogens (primary N) is 1. The molecular formula is C13H17N5OS. The molecule has 6 nitrogen and oxygen atoms in total. The third-order valence-electron chi connectivity index (χ3n) is 3.16. The molecule has 0 bridgehead atoms. The van der Waals surface area contributed by atoms with Crippen molar-refractivity contribution in [1.29, 1.82) is 0 Å². The van der Waals surface area contributed by atoms with Gasteiger partial charge in [-0.3, -0.25) is 4.57 Å². The van der Waals surface area contributed by atoms with Crippen molar-refractivity contribution in [2.75, 3.05) is 0 Å². The van der Waals surface area contributed by atoms with Crippen LogP contribution in [0.15, 0.2) is 33.3 Å². The summed E-state index contributed by atoms with van der Waals surface area (Å²) in [4.78, 5) is 16.2. The van der Waals surface area contributed by atoms with Crippen LogP contribution in [0.25, 0.3) is 0 Å². The molecule has 0 radical (unpaired) electrons. The maximum atomic E-state index is 11.8. The second-order valence-electron chi connectivity index (χ2n) is 5.16. The normalized spacial score (nSPS) is 16.3. The van der Waals surface area contributed by atoms with Gasteiger partial charge >= 0.3 is 5.69 Å². The van der Waals surface area contributed by atoms with Crippen molar-refractivity contribution in [2.24, 2.45) is 5.73 Å². The summed E-state index contributed by atoms with van der Waals surface area (Å²) in [6, 6.07) is 4.29. The smallest absolute Gasteiger partial charge is 0.328 e. The molecule has 0 amide bonds. The molecule has 20 heavy (non-hydrogen) atoms. The fraction of sp³-hybridized carbons (Fsp3) is 0.462. The molecule has 1 aliphatic rings. The van der Waals surface area contributed by atoms with Gasteiger partial charge in [-0.1, -0.05) is 6.07 Å². The number of hydrogen-bond donors (Lipinski definition) is 2. The maximum absolute atomic E-state index is 11.8. The average molecular weight is 291 g/mol. The van der Waals surface area contributed by atoms with E-state index < -0.39 is 0 Å². The van der Waals surface area contributed by atoms with Crippen molar-refractivity contribution >= 4 is 11.8 Å². The number of aromatic amines is 1. The van der Waals surface area contributed by atoms with Crippen molar-refractivity contribution in [3.8, 4) is 0 Å². The van der Waals surface area contributed by atoms with Gasteiger partial charge in [0.2, 0.25) is 0 Å². The van der Waals surface area contributed by atoms with Crippen molar-refractivity contribution in [3.05, 3.63) is 34.4 Å². The van der Waals surface area contributed by atoms with Gasteiger partial charge in [0.25, 0.3) is 0 Å². The van der Waals surface area contributed by atoms with Crippen LogP contribution in [-0.4, -0.2) is 25.8 Å². The standard InChI is InChI=1S/C13H17N5OS/c1-8(14)7-9-3-2-6-15-11(9)20-13-17-16-12(19)18(13)10-4-5-10/h2-3,6,8,10H,4-5,7,14H2,1H3,(H,16,19). The Balaban J connectivity index is 1.90. The highest BCUT2D eigenvalue weighted by atomic mass is 32.2. The number of aromatic nitrogens is 4. The first-order chi connectivity index (χ1) is 9.65. The first kappa shape index (κ1) is 13.4. The summed E-state index contributed by atoms with van der Waals surface area (Å²) < 4.78 is 1.73. The molecule has 0 aliphatic heterocycles. The van der Waals surface area contributed by atoms with Gasteiger partial charge in [0.05, 0.1) is 0 Å². The summed E-state index contributed by atoms with van der Waals surface area (Å²) >= 11 is 1.43. The van der Waals surface area contributed by atoms with E-state index in [-0.39, 0.29) is 11.7 Å². The molecule has 2 aromatic rings. The molecule has 0 saturated heterocycles. The SMILES string of the molecule is CC(N)Cc1cccnc1Sc1n[nH]c(=O)n1C1CC1. The quantitative estimate of drug-likeness (QED) is 0.867. The van der Waals surface area contributed by atoms with Gasteiger partial charge in [-0.25, -0.2) is 14.9 Å². The van der Waals surface area contributed by atoms with Crippen molar-refractivity contribution < 1.29 is 0 Å². The summed E-state index contributed by atoms with van der Waals surface area (Å²) in [7, 11) is 0. The number of pyridine rings is 1. The fourth-order valence-corrected chi connectivity index (χ4v) is 3.11. The van der Waals surface area contributed by atoms with Gasteiger partial charge in [0.15, 0.2) is 5.16 Å². The van der Waals surface area contributed by atoms with Crippen LogP contribution in [0.5, 0.6) is 0 Å². The minimum absolute atomic E-state index is 0.0726. The lowest BCUT2D eigenvalue weighted by molar-refractivity contribution is 0.641. The van der Waals surface area contributed by atoms with Crippen LogP contribution in [0.3, 0.4) is 0 Å². The lowest BCUT2D eigenvalue weighted by Gasteiger charge is -2.10. The zero-order chi connectivity index (χ0) is 14.1. The van der Waals surface area contributed by atoms with Gasteiger partial charge in [-0.15, -0.1) is 5.10 Å². The minimum Gasteiger partial charge on any atom is -0.328 e. The Kier molecular flexibility index (Phi) is 3.62. The van der Waals surface area contributed by atoms with Gasteiger partial charge in [-0.05, 0) is 49.6 Å². The summed E-state index contributed by atoms with van der Waals surface area (Å²) in [5.74, 6) is 0. The van der Waals surface area contributed by atoms with E-state index >= 15 is 0 Å². The third-order valence-corrected chi connectivity index (χ3v) is 4.20.